The summed E-state index contributed by atoms with van der Waals surface area (Å²) in [5.41, 5.74) is 0. The second-order valence-electron chi connectivity index (χ2n) is 5.07. The monoisotopic (exact) mass is 308 g/mol. The lowest BCUT2D eigenvalue weighted by atomic mass is 10.2. The SMILES string of the molecule is CCCC/C=C/C=C/OCC(CO)O/C=C/C=C/CCCC. The Kier molecular flexibility index (Phi) is 16.4. The van der Waals surface area contributed by atoms with Crippen LogP contribution in [0.2, 0.25) is 0 Å². The standard InChI is InChI=1S/C19H32O3/c1-3-5-7-9-11-13-15-21-18-19(17-20)22-16-14-12-10-8-6-4-2/h9-16,19-20H,3-8,17-18H2,1-2H3/b11-9+,12-10+,15-13+,16-14+. The van der Waals surface area contributed by atoms with E-state index in [0.717, 1.165) is 12.8 Å². The molecule has 1 unspecified atom stereocenters. The molecule has 0 fully saturated rings. The topological polar surface area (TPSA) is 38.7 Å². The average molecular weight is 308 g/mol. The Morgan fingerprint density at radius 2 is 1.45 bits per heavy atom. The van der Waals surface area contributed by atoms with Crippen LogP contribution in [-0.4, -0.2) is 24.4 Å². The van der Waals surface area contributed by atoms with Crippen LogP contribution in [0.15, 0.2) is 49.0 Å². The number of allylic oxidation sites excluding steroid dienone is 6. The van der Waals surface area contributed by atoms with Gasteiger partial charge in [-0.05, 0) is 25.0 Å². The van der Waals surface area contributed by atoms with E-state index in [9.17, 15) is 5.11 Å². The molecule has 0 rings (SSSR count). The summed E-state index contributed by atoms with van der Waals surface area (Å²) in [5.74, 6) is 0. The Hall–Kier alpha value is -1.48. The van der Waals surface area contributed by atoms with Crippen LogP contribution in [0, 0.1) is 0 Å². The van der Waals surface area contributed by atoms with Crippen LogP contribution in [0.3, 0.4) is 0 Å². The van der Waals surface area contributed by atoms with E-state index in [1.54, 1.807) is 12.5 Å². The van der Waals surface area contributed by atoms with Crippen molar-refractivity contribution in [2.24, 2.45) is 0 Å². The summed E-state index contributed by atoms with van der Waals surface area (Å²) >= 11 is 0. The molecule has 1 atom stereocenters. The number of hydrogen-bond acceptors (Lipinski definition) is 3. The summed E-state index contributed by atoms with van der Waals surface area (Å²) in [5, 5.41) is 9.20. The van der Waals surface area contributed by atoms with Crippen molar-refractivity contribution in [2.45, 2.75) is 58.5 Å². The highest BCUT2D eigenvalue weighted by Gasteiger charge is 2.05. The molecule has 0 aliphatic carbocycles. The van der Waals surface area contributed by atoms with Gasteiger partial charge in [0.1, 0.15) is 6.61 Å². The molecule has 0 bridgehead atoms. The average Bonchev–Trinajstić information content (AvgIpc) is 2.54. The molecule has 126 valence electrons. The Morgan fingerprint density at radius 3 is 2.00 bits per heavy atom. The van der Waals surface area contributed by atoms with E-state index in [2.05, 4.69) is 26.0 Å². The highest BCUT2D eigenvalue weighted by molar-refractivity contribution is 5.00. The molecular formula is C19H32O3. The Labute approximate surface area is 136 Å². The fraction of sp³-hybridized carbons (Fsp3) is 0.579. The van der Waals surface area contributed by atoms with E-state index < -0.39 is 0 Å². The minimum Gasteiger partial charge on any atom is -0.497 e. The number of hydrogen-bond donors (Lipinski definition) is 1. The van der Waals surface area contributed by atoms with E-state index in [-0.39, 0.29) is 12.7 Å². The molecule has 0 radical (unpaired) electrons. The van der Waals surface area contributed by atoms with Gasteiger partial charge in [0.2, 0.25) is 0 Å². The number of aliphatic hydroxyl groups excluding tert-OH is 1. The second-order valence-corrected chi connectivity index (χ2v) is 5.07. The molecule has 0 aromatic rings. The minimum absolute atomic E-state index is 0.0654. The summed E-state index contributed by atoms with van der Waals surface area (Å²) in [6.45, 7) is 4.62. The molecule has 0 aromatic heterocycles. The summed E-state index contributed by atoms with van der Waals surface area (Å²) in [7, 11) is 0. The molecular weight excluding hydrogens is 276 g/mol. The zero-order valence-corrected chi connectivity index (χ0v) is 14.1. The number of rotatable bonds is 14. The number of aliphatic hydroxyl groups is 1. The molecule has 0 aliphatic rings. The first kappa shape index (κ1) is 20.5. The molecule has 0 amide bonds. The van der Waals surface area contributed by atoms with Crippen molar-refractivity contribution in [1.29, 1.82) is 0 Å². The lowest BCUT2D eigenvalue weighted by Gasteiger charge is -2.12. The van der Waals surface area contributed by atoms with E-state index in [0.29, 0.717) is 6.61 Å². The molecule has 0 heterocycles. The molecule has 0 saturated carbocycles. The van der Waals surface area contributed by atoms with Gasteiger partial charge in [-0.2, -0.15) is 0 Å². The maximum Gasteiger partial charge on any atom is 0.154 e. The van der Waals surface area contributed by atoms with Crippen molar-refractivity contribution in [3.63, 3.8) is 0 Å². The minimum atomic E-state index is -0.339. The highest BCUT2D eigenvalue weighted by Crippen LogP contribution is 1.98. The Bertz CT molecular complexity index is 330. The van der Waals surface area contributed by atoms with Crippen LogP contribution < -0.4 is 0 Å². The van der Waals surface area contributed by atoms with Gasteiger partial charge in [0.25, 0.3) is 0 Å². The van der Waals surface area contributed by atoms with Gasteiger partial charge in [-0.25, -0.2) is 0 Å². The van der Waals surface area contributed by atoms with Gasteiger partial charge < -0.3 is 14.6 Å². The summed E-state index contributed by atoms with van der Waals surface area (Å²) in [4.78, 5) is 0. The summed E-state index contributed by atoms with van der Waals surface area (Å²) in [6.07, 6.45) is 21.8. The lowest BCUT2D eigenvalue weighted by Crippen LogP contribution is -2.20. The van der Waals surface area contributed by atoms with Gasteiger partial charge in [-0.1, -0.05) is 63.8 Å². The predicted molar refractivity (Wildman–Crippen MR) is 93.5 cm³/mol. The summed E-state index contributed by atoms with van der Waals surface area (Å²) in [6, 6.07) is 0. The van der Waals surface area contributed by atoms with Crippen LogP contribution in [0.25, 0.3) is 0 Å². The van der Waals surface area contributed by atoms with Crippen molar-refractivity contribution in [2.75, 3.05) is 13.2 Å². The van der Waals surface area contributed by atoms with Gasteiger partial charge in [0.15, 0.2) is 6.10 Å². The molecule has 1 N–H and O–H groups in total. The molecule has 0 spiro atoms. The molecule has 0 aliphatic heterocycles. The van der Waals surface area contributed by atoms with E-state index in [4.69, 9.17) is 9.47 Å². The highest BCUT2D eigenvalue weighted by atomic mass is 16.5. The second kappa shape index (κ2) is 17.6. The maximum atomic E-state index is 9.20. The molecule has 3 nitrogen and oxygen atoms in total. The van der Waals surface area contributed by atoms with Gasteiger partial charge in [0.05, 0.1) is 19.1 Å². The van der Waals surface area contributed by atoms with Crippen molar-refractivity contribution >= 4 is 0 Å². The van der Waals surface area contributed by atoms with Crippen LogP contribution in [-0.2, 0) is 9.47 Å². The van der Waals surface area contributed by atoms with Crippen molar-refractivity contribution in [1.82, 2.24) is 0 Å². The van der Waals surface area contributed by atoms with Gasteiger partial charge in [-0.3, -0.25) is 0 Å². The third kappa shape index (κ3) is 14.9. The Balaban J connectivity index is 3.74. The zero-order chi connectivity index (χ0) is 16.3. The number of ether oxygens (including phenoxy) is 2. The van der Waals surface area contributed by atoms with Gasteiger partial charge in [0, 0.05) is 0 Å². The third-order valence-corrected chi connectivity index (χ3v) is 2.95. The quantitative estimate of drug-likeness (QED) is 0.282. The van der Waals surface area contributed by atoms with Crippen molar-refractivity contribution in [3.8, 4) is 0 Å². The maximum absolute atomic E-state index is 9.20. The van der Waals surface area contributed by atoms with Crippen LogP contribution in [0.4, 0.5) is 0 Å². The molecule has 0 aromatic carbocycles. The number of unbranched alkanes of at least 4 members (excludes halogenated alkanes) is 4. The lowest BCUT2D eigenvalue weighted by molar-refractivity contribution is 0.0265. The fourth-order valence-electron chi connectivity index (χ4n) is 1.59. The van der Waals surface area contributed by atoms with E-state index >= 15 is 0 Å². The van der Waals surface area contributed by atoms with Gasteiger partial charge in [-0.15, -0.1) is 0 Å². The largest absolute Gasteiger partial charge is 0.497 e. The third-order valence-electron chi connectivity index (χ3n) is 2.95. The van der Waals surface area contributed by atoms with E-state index in [1.165, 1.54) is 25.7 Å². The smallest absolute Gasteiger partial charge is 0.154 e. The first-order chi connectivity index (χ1) is 10.8. The van der Waals surface area contributed by atoms with Crippen molar-refractivity contribution in [3.05, 3.63) is 49.0 Å². The molecule has 22 heavy (non-hydrogen) atoms. The predicted octanol–water partition coefficient (Wildman–Crippen LogP) is 4.90. The van der Waals surface area contributed by atoms with E-state index in [1.807, 2.05) is 24.3 Å². The summed E-state index contributed by atoms with van der Waals surface area (Å²) < 4.78 is 10.7. The van der Waals surface area contributed by atoms with Gasteiger partial charge >= 0.3 is 0 Å². The molecule has 3 heteroatoms. The van der Waals surface area contributed by atoms with Crippen LogP contribution in [0.5, 0.6) is 0 Å². The molecule has 0 saturated heterocycles. The first-order valence-corrected chi connectivity index (χ1v) is 8.36. The first-order valence-electron chi connectivity index (χ1n) is 8.36. The van der Waals surface area contributed by atoms with Crippen molar-refractivity contribution < 1.29 is 14.6 Å². The van der Waals surface area contributed by atoms with Crippen LogP contribution >= 0.6 is 0 Å². The zero-order valence-electron chi connectivity index (χ0n) is 14.1. The van der Waals surface area contributed by atoms with Crippen LogP contribution in [0.1, 0.15) is 52.4 Å². The fourth-order valence-corrected chi connectivity index (χ4v) is 1.59. The Morgan fingerprint density at radius 1 is 0.864 bits per heavy atom. The normalized spacial score (nSPS) is 13.8.